The fourth-order valence-corrected chi connectivity index (χ4v) is 3.03. The zero-order valence-corrected chi connectivity index (χ0v) is 14.2. The number of aromatic nitrogens is 3. The average Bonchev–Trinajstić information content (AvgIpc) is 3.29. The summed E-state index contributed by atoms with van der Waals surface area (Å²) in [6, 6.07) is 8.90. The Bertz CT molecular complexity index is 1020. The number of amides is 1. The zero-order chi connectivity index (χ0) is 18.1. The van der Waals surface area contributed by atoms with Crippen molar-refractivity contribution in [3.05, 3.63) is 69.9 Å². The van der Waals surface area contributed by atoms with E-state index in [1.807, 2.05) is 18.2 Å². The molecular weight excluding hydrogens is 332 g/mol. The van der Waals surface area contributed by atoms with Gasteiger partial charge in [0.15, 0.2) is 0 Å². The molecule has 0 spiro atoms. The van der Waals surface area contributed by atoms with Crippen LogP contribution in [-0.2, 0) is 6.42 Å². The van der Waals surface area contributed by atoms with Crippen LogP contribution in [0.25, 0.3) is 11.1 Å². The Morgan fingerprint density at radius 3 is 2.88 bits per heavy atom. The minimum Gasteiger partial charge on any atom is -0.493 e. The summed E-state index contributed by atoms with van der Waals surface area (Å²) < 4.78 is 5.53. The Balaban J connectivity index is 1.55. The van der Waals surface area contributed by atoms with Crippen molar-refractivity contribution in [1.29, 1.82) is 0 Å². The van der Waals surface area contributed by atoms with Gasteiger partial charge in [-0.05, 0) is 36.2 Å². The third-order valence-corrected chi connectivity index (χ3v) is 4.45. The van der Waals surface area contributed by atoms with Crippen LogP contribution in [0.2, 0.25) is 0 Å². The molecule has 3 heterocycles. The zero-order valence-electron chi connectivity index (χ0n) is 14.2. The van der Waals surface area contributed by atoms with Crippen LogP contribution in [0.4, 0.5) is 0 Å². The fourth-order valence-electron chi connectivity index (χ4n) is 3.03. The minimum atomic E-state index is -0.331. The molecule has 4 rings (SSSR count). The molecule has 0 fully saturated rings. The van der Waals surface area contributed by atoms with Gasteiger partial charge < -0.3 is 15.2 Å². The van der Waals surface area contributed by atoms with E-state index in [0.29, 0.717) is 17.9 Å². The number of fused-ring (bicyclic) bond motifs is 1. The molecule has 0 aliphatic carbocycles. The first kappa shape index (κ1) is 16.1. The summed E-state index contributed by atoms with van der Waals surface area (Å²) in [7, 11) is 0. The van der Waals surface area contributed by atoms with Crippen LogP contribution in [0.5, 0.6) is 5.75 Å². The molecule has 2 aromatic heterocycles. The second-order valence-electron chi connectivity index (χ2n) is 6.29. The second kappa shape index (κ2) is 6.51. The number of carbonyl (C=O) groups excluding carboxylic acids is 1. The number of rotatable bonds is 4. The van der Waals surface area contributed by atoms with Crippen LogP contribution in [-0.4, -0.2) is 27.7 Å². The molecule has 0 saturated carbocycles. The molecule has 7 nitrogen and oxygen atoms in total. The number of pyridine rings is 1. The number of ether oxygens (including phenoxy) is 1. The van der Waals surface area contributed by atoms with Crippen molar-refractivity contribution < 1.29 is 9.53 Å². The number of hydrogen-bond donors (Lipinski definition) is 3. The first-order valence-electron chi connectivity index (χ1n) is 8.40. The molecule has 1 aliphatic heterocycles. The van der Waals surface area contributed by atoms with Crippen molar-refractivity contribution in [3.63, 3.8) is 0 Å². The van der Waals surface area contributed by atoms with E-state index in [2.05, 4.69) is 26.6 Å². The highest BCUT2D eigenvalue weighted by Gasteiger charge is 2.16. The quantitative estimate of drug-likeness (QED) is 0.671. The van der Waals surface area contributed by atoms with Gasteiger partial charge in [-0.15, -0.1) is 0 Å². The Morgan fingerprint density at radius 1 is 1.19 bits per heavy atom. The van der Waals surface area contributed by atoms with Gasteiger partial charge in [-0.2, -0.15) is 0 Å². The SMILES string of the molecule is CC(NC(=O)c1cncc(-c2ccc3c(c2)CCO3)c1)c1cc(=O)[nH][nH]1. The number of carbonyl (C=O) groups is 1. The number of aromatic amines is 2. The van der Waals surface area contributed by atoms with E-state index in [4.69, 9.17) is 4.74 Å². The molecule has 1 aliphatic rings. The molecule has 0 saturated heterocycles. The van der Waals surface area contributed by atoms with Gasteiger partial charge in [0, 0.05) is 30.4 Å². The third-order valence-electron chi connectivity index (χ3n) is 4.45. The summed E-state index contributed by atoms with van der Waals surface area (Å²) in [5.41, 5.74) is 3.89. The van der Waals surface area contributed by atoms with Crippen LogP contribution < -0.4 is 15.6 Å². The maximum absolute atomic E-state index is 12.5. The van der Waals surface area contributed by atoms with Gasteiger partial charge in [-0.1, -0.05) is 6.07 Å². The highest BCUT2D eigenvalue weighted by Crippen LogP contribution is 2.30. The molecule has 3 aromatic rings. The molecular formula is C19H18N4O3. The van der Waals surface area contributed by atoms with Crippen LogP contribution in [0, 0.1) is 0 Å². The van der Waals surface area contributed by atoms with E-state index in [1.165, 1.54) is 17.8 Å². The molecule has 132 valence electrons. The average molecular weight is 350 g/mol. The van der Waals surface area contributed by atoms with E-state index >= 15 is 0 Å². The van der Waals surface area contributed by atoms with Crippen molar-refractivity contribution in [2.45, 2.75) is 19.4 Å². The lowest BCUT2D eigenvalue weighted by Gasteiger charge is -2.12. The molecule has 1 atom stereocenters. The highest BCUT2D eigenvalue weighted by molar-refractivity contribution is 5.95. The molecule has 1 unspecified atom stereocenters. The van der Waals surface area contributed by atoms with E-state index in [0.717, 1.165) is 23.3 Å². The van der Waals surface area contributed by atoms with Crippen molar-refractivity contribution in [1.82, 2.24) is 20.5 Å². The monoisotopic (exact) mass is 350 g/mol. The van der Waals surface area contributed by atoms with Crippen LogP contribution >= 0.6 is 0 Å². The Hall–Kier alpha value is -3.35. The van der Waals surface area contributed by atoms with E-state index in [9.17, 15) is 9.59 Å². The predicted molar refractivity (Wildman–Crippen MR) is 96.2 cm³/mol. The van der Waals surface area contributed by atoms with Gasteiger partial charge in [-0.25, -0.2) is 0 Å². The summed E-state index contributed by atoms with van der Waals surface area (Å²) in [5, 5.41) is 8.06. The summed E-state index contributed by atoms with van der Waals surface area (Å²) in [5.74, 6) is 0.670. The summed E-state index contributed by atoms with van der Waals surface area (Å²) >= 11 is 0. The van der Waals surface area contributed by atoms with E-state index < -0.39 is 0 Å². The summed E-state index contributed by atoms with van der Waals surface area (Å²) in [4.78, 5) is 28.0. The maximum Gasteiger partial charge on any atom is 0.264 e. The van der Waals surface area contributed by atoms with Gasteiger partial charge in [0.25, 0.3) is 11.5 Å². The van der Waals surface area contributed by atoms with Crippen LogP contribution in [0.1, 0.15) is 34.6 Å². The molecule has 26 heavy (non-hydrogen) atoms. The topological polar surface area (TPSA) is 99.9 Å². The smallest absolute Gasteiger partial charge is 0.264 e. The van der Waals surface area contributed by atoms with Gasteiger partial charge in [0.2, 0.25) is 0 Å². The standard InChI is InChI=1S/C19H18N4O3/c1-11(16-8-18(24)23-22-16)21-19(25)15-7-14(9-20-10-15)12-2-3-17-13(6-12)4-5-26-17/h2-3,6-11H,4-5H2,1H3,(H,21,25)(H2,22,23,24). The van der Waals surface area contributed by atoms with Crippen molar-refractivity contribution in [2.24, 2.45) is 0 Å². The normalized spacial score (nSPS) is 13.7. The van der Waals surface area contributed by atoms with Gasteiger partial charge >= 0.3 is 0 Å². The highest BCUT2D eigenvalue weighted by atomic mass is 16.5. The molecule has 0 bridgehead atoms. The molecule has 7 heteroatoms. The lowest BCUT2D eigenvalue weighted by molar-refractivity contribution is 0.0939. The molecule has 1 aromatic carbocycles. The van der Waals surface area contributed by atoms with Crippen LogP contribution in [0.15, 0.2) is 47.5 Å². The lowest BCUT2D eigenvalue weighted by atomic mass is 10.0. The van der Waals surface area contributed by atoms with Gasteiger partial charge in [0.1, 0.15) is 5.75 Å². The predicted octanol–water partition coefficient (Wildman–Crippen LogP) is 2.19. The van der Waals surface area contributed by atoms with E-state index in [1.54, 1.807) is 13.1 Å². The number of nitrogens with one attached hydrogen (secondary N) is 3. The Morgan fingerprint density at radius 2 is 2.08 bits per heavy atom. The lowest BCUT2D eigenvalue weighted by Crippen LogP contribution is -2.27. The second-order valence-corrected chi connectivity index (χ2v) is 6.29. The number of H-pyrrole nitrogens is 2. The van der Waals surface area contributed by atoms with Gasteiger partial charge in [0.05, 0.1) is 23.9 Å². The van der Waals surface area contributed by atoms with Crippen molar-refractivity contribution >= 4 is 5.91 Å². The maximum atomic E-state index is 12.5. The fraction of sp³-hybridized carbons (Fsp3) is 0.211. The largest absolute Gasteiger partial charge is 0.493 e. The Kier molecular flexibility index (Phi) is 4.04. The Labute approximate surface area is 149 Å². The summed E-state index contributed by atoms with van der Waals surface area (Å²) in [6.07, 6.45) is 4.16. The first-order chi connectivity index (χ1) is 12.6. The number of hydrogen-bond acceptors (Lipinski definition) is 4. The summed E-state index contributed by atoms with van der Waals surface area (Å²) in [6.45, 7) is 2.51. The number of benzene rings is 1. The minimum absolute atomic E-state index is 0.231. The third kappa shape index (κ3) is 3.11. The first-order valence-corrected chi connectivity index (χ1v) is 8.40. The molecule has 3 N–H and O–H groups in total. The molecule has 1 amide bonds. The number of nitrogens with zero attached hydrogens (tertiary/aromatic N) is 1. The van der Waals surface area contributed by atoms with E-state index in [-0.39, 0.29) is 17.5 Å². The van der Waals surface area contributed by atoms with Crippen LogP contribution in [0.3, 0.4) is 0 Å². The van der Waals surface area contributed by atoms with Gasteiger partial charge in [-0.3, -0.25) is 19.7 Å². The molecule has 0 radical (unpaired) electrons. The van der Waals surface area contributed by atoms with Crippen molar-refractivity contribution in [3.8, 4) is 16.9 Å². The van der Waals surface area contributed by atoms with Crippen molar-refractivity contribution in [2.75, 3.05) is 6.61 Å².